The van der Waals surface area contributed by atoms with E-state index in [1.807, 2.05) is 77.7 Å². The zero-order valence-corrected chi connectivity index (χ0v) is 23.6. The van der Waals surface area contributed by atoms with Gasteiger partial charge in [-0.3, -0.25) is 0 Å². The third kappa shape index (κ3) is 5.32. The van der Waals surface area contributed by atoms with Crippen LogP contribution in [0.3, 0.4) is 0 Å². The topological polar surface area (TPSA) is 59.1 Å². The molecule has 1 aliphatic rings. The molecule has 0 spiro atoms. The Bertz CT molecular complexity index is 1260. The number of anilines is 2. The van der Waals surface area contributed by atoms with Gasteiger partial charge in [-0.2, -0.15) is 0 Å². The first-order chi connectivity index (χ1) is 16.8. The van der Waals surface area contributed by atoms with Crippen molar-refractivity contribution in [3.63, 3.8) is 0 Å². The van der Waals surface area contributed by atoms with E-state index in [2.05, 4.69) is 52.7 Å². The molecule has 1 atom stereocenters. The van der Waals surface area contributed by atoms with Crippen molar-refractivity contribution < 1.29 is 19.1 Å². The predicted octanol–water partition coefficient (Wildman–Crippen LogP) is 6.60. The summed E-state index contributed by atoms with van der Waals surface area (Å²) in [5.41, 5.74) is 2.85. The van der Waals surface area contributed by atoms with Gasteiger partial charge in [-0.25, -0.2) is 9.59 Å². The Balaban J connectivity index is 2.04. The molecule has 9 heteroatoms. The molecule has 0 bridgehead atoms. The number of esters is 2. The summed E-state index contributed by atoms with van der Waals surface area (Å²) in [4.78, 5) is 30.1. The summed E-state index contributed by atoms with van der Waals surface area (Å²) in [6.07, 6.45) is -0.465. The molecule has 1 aliphatic heterocycles. The smallest absolute Gasteiger partial charge is 0.355 e. The second-order valence-electron chi connectivity index (χ2n) is 7.69. The van der Waals surface area contributed by atoms with Gasteiger partial charge in [0.1, 0.15) is 11.9 Å². The summed E-state index contributed by atoms with van der Waals surface area (Å²) >= 11 is 10.5. The number of halogens is 3. The van der Waals surface area contributed by atoms with Gasteiger partial charge in [-0.05, 0) is 66.2 Å². The van der Waals surface area contributed by atoms with Crippen molar-refractivity contribution in [1.82, 2.24) is 0 Å². The fourth-order valence-electron chi connectivity index (χ4n) is 4.04. The summed E-state index contributed by atoms with van der Waals surface area (Å²) < 4.78 is 13.0. The predicted molar refractivity (Wildman–Crippen MR) is 146 cm³/mol. The van der Waals surface area contributed by atoms with Gasteiger partial charge in [0.2, 0.25) is 0 Å². The van der Waals surface area contributed by atoms with E-state index in [9.17, 15) is 9.59 Å². The number of methoxy groups -OCH3 is 2. The summed E-state index contributed by atoms with van der Waals surface area (Å²) in [6.45, 7) is 0.145. The molecule has 0 saturated heterocycles. The molecule has 3 aromatic carbocycles. The molecule has 0 fully saturated rings. The van der Waals surface area contributed by atoms with Gasteiger partial charge >= 0.3 is 11.9 Å². The van der Waals surface area contributed by atoms with E-state index in [0.717, 1.165) is 24.7 Å². The van der Waals surface area contributed by atoms with E-state index >= 15 is 0 Å². The lowest BCUT2D eigenvalue weighted by Crippen LogP contribution is -2.50. The Kier molecular flexibility index (Phi) is 7.98. The number of hydrogen-bond donors (Lipinski definition) is 0. The van der Waals surface area contributed by atoms with Crippen molar-refractivity contribution in [3.8, 4) is 0 Å². The largest absolute Gasteiger partial charge is 0.466 e. The second-order valence-corrected chi connectivity index (χ2v) is 10.4. The molecule has 3 aromatic rings. The maximum atomic E-state index is 13.2. The van der Waals surface area contributed by atoms with Crippen LogP contribution in [-0.2, 0) is 19.1 Å². The first-order valence-corrected chi connectivity index (χ1v) is 12.9. The third-order valence-electron chi connectivity index (χ3n) is 5.64. The van der Waals surface area contributed by atoms with E-state index in [4.69, 9.17) is 9.47 Å². The van der Waals surface area contributed by atoms with Crippen LogP contribution in [0.5, 0.6) is 0 Å². The van der Waals surface area contributed by atoms with Gasteiger partial charge in [-0.1, -0.05) is 59.9 Å². The molecular formula is C26H21Br3N2O4. The highest BCUT2D eigenvalue weighted by Gasteiger charge is 2.42. The Labute approximate surface area is 228 Å². The van der Waals surface area contributed by atoms with Crippen LogP contribution in [0.15, 0.2) is 97.5 Å². The normalized spacial score (nSPS) is 15.7. The van der Waals surface area contributed by atoms with Gasteiger partial charge in [-0.15, -0.1) is 0 Å². The van der Waals surface area contributed by atoms with Crippen molar-refractivity contribution in [2.24, 2.45) is 0 Å². The Morgan fingerprint density at radius 2 is 1.17 bits per heavy atom. The van der Waals surface area contributed by atoms with Crippen molar-refractivity contribution >= 4 is 71.1 Å². The Morgan fingerprint density at radius 1 is 0.714 bits per heavy atom. The number of carbonyl (C=O) groups excluding carboxylic acids is 2. The molecular weight excluding hydrogens is 644 g/mol. The van der Waals surface area contributed by atoms with Gasteiger partial charge in [0.15, 0.2) is 0 Å². The maximum Gasteiger partial charge on any atom is 0.355 e. The number of ether oxygens (including phenoxy) is 2. The lowest BCUT2D eigenvalue weighted by Gasteiger charge is -2.47. The number of benzene rings is 3. The van der Waals surface area contributed by atoms with Crippen molar-refractivity contribution in [2.75, 3.05) is 30.6 Å². The Hall–Kier alpha value is -2.62. The van der Waals surface area contributed by atoms with Crippen LogP contribution in [0, 0.1) is 0 Å². The first-order valence-electron chi connectivity index (χ1n) is 10.6. The molecule has 0 radical (unpaired) electrons. The minimum Gasteiger partial charge on any atom is -0.466 e. The minimum absolute atomic E-state index is 0.142. The molecule has 0 amide bonds. The monoisotopic (exact) mass is 662 g/mol. The summed E-state index contributed by atoms with van der Waals surface area (Å²) in [7, 11) is 2.61. The third-order valence-corrected chi connectivity index (χ3v) is 7.22. The minimum atomic E-state index is -0.620. The SMILES string of the molecule is COC(=O)C1=C(C(=O)OC)N(c2ccc(Br)cc2)C(c2ccc(Br)cc2)N(c2ccc(Br)cc2)C1. The van der Waals surface area contributed by atoms with E-state index in [1.54, 1.807) is 0 Å². The summed E-state index contributed by atoms with van der Waals surface area (Å²) in [6, 6.07) is 23.2. The average molecular weight is 665 g/mol. The molecule has 1 heterocycles. The van der Waals surface area contributed by atoms with Crippen molar-refractivity contribution in [1.29, 1.82) is 0 Å². The zero-order chi connectivity index (χ0) is 25.1. The lowest BCUT2D eigenvalue weighted by molar-refractivity contribution is -0.139. The highest BCUT2D eigenvalue weighted by molar-refractivity contribution is 9.11. The number of carbonyl (C=O) groups is 2. The standard InChI is InChI=1S/C26H21Br3N2O4/c1-34-25(32)22-15-30(20-11-7-18(28)8-12-20)24(16-3-5-17(27)6-4-16)31(23(22)26(33)35-2)21-13-9-19(29)10-14-21/h3-14,24H,15H2,1-2H3. The summed E-state index contributed by atoms with van der Waals surface area (Å²) in [5.74, 6) is -1.21. The molecule has 0 saturated carbocycles. The zero-order valence-electron chi connectivity index (χ0n) is 18.9. The van der Waals surface area contributed by atoms with Crippen LogP contribution < -0.4 is 9.80 Å². The van der Waals surface area contributed by atoms with E-state index in [1.165, 1.54) is 14.2 Å². The van der Waals surface area contributed by atoms with Crippen LogP contribution in [0.1, 0.15) is 11.7 Å². The van der Waals surface area contributed by atoms with Crippen LogP contribution in [0.2, 0.25) is 0 Å². The molecule has 35 heavy (non-hydrogen) atoms. The highest BCUT2D eigenvalue weighted by Crippen LogP contribution is 2.42. The fourth-order valence-corrected chi connectivity index (χ4v) is 4.84. The molecule has 180 valence electrons. The first kappa shape index (κ1) is 25.5. The summed E-state index contributed by atoms with van der Waals surface area (Å²) in [5, 5.41) is 0. The van der Waals surface area contributed by atoms with Gasteiger partial charge in [0.05, 0.1) is 26.3 Å². The number of nitrogens with zero attached hydrogens (tertiary/aromatic N) is 2. The highest BCUT2D eigenvalue weighted by atomic mass is 79.9. The van der Waals surface area contributed by atoms with Gasteiger partial charge < -0.3 is 19.3 Å². The van der Waals surface area contributed by atoms with Crippen LogP contribution in [-0.4, -0.2) is 32.7 Å². The number of rotatable bonds is 5. The molecule has 0 aliphatic carbocycles. The van der Waals surface area contributed by atoms with Crippen molar-refractivity contribution in [2.45, 2.75) is 6.17 Å². The van der Waals surface area contributed by atoms with E-state index in [0.29, 0.717) is 5.69 Å². The molecule has 4 rings (SSSR count). The lowest BCUT2D eigenvalue weighted by atomic mass is 9.99. The maximum absolute atomic E-state index is 13.2. The van der Waals surface area contributed by atoms with E-state index < -0.39 is 18.1 Å². The van der Waals surface area contributed by atoms with Crippen LogP contribution in [0.4, 0.5) is 11.4 Å². The van der Waals surface area contributed by atoms with Gasteiger partial charge in [0, 0.05) is 24.8 Å². The molecule has 6 nitrogen and oxygen atoms in total. The van der Waals surface area contributed by atoms with Gasteiger partial charge in [0.25, 0.3) is 0 Å². The molecule has 0 N–H and O–H groups in total. The quantitative estimate of drug-likeness (QED) is 0.287. The van der Waals surface area contributed by atoms with Crippen LogP contribution in [0.25, 0.3) is 0 Å². The van der Waals surface area contributed by atoms with E-state index in [-0.39, 0.29) is 17.8 Å². The Morgan fingerprint density at radius 3 is 1.66 bits per heavy atom. The number of hydrogen-bond acceptors (Lipinski definition) is 6. The molecule has 1 unspecified atom stereocenters. The fraction of sp³-hybridized carbons (Fsp3) is 0.154. The average Bonchev–Trinajstić information content (AvgIpc) is 2.88. The van der Waals surface area contributed by atoms with Crippen LogP contribution >= 0.6 is 47.8 Å². The molecule has 0 aromatic heterocycles. The van der Waals surface area contributed by atoms with Crippen molar-refractivity contribution in [3.05, 3.63) is 103 Å². The second kappa shape index (κ2) is 11.0.